The summed E-state index contributed by atoms with van der Waals surface area (Å²) < 4.78 is 0. The zero-order valence-electron chi connectivity index (χ0n) is 17.2. The van der Waals surface area contributed by atoms with Crippen molar-refractivity contribution in [2.24, 2.45) is 17.6 Å². The van der Waals surface area contributed by atoms with Crippen LogP contribution in [0.5, 0.6) is 0 Å². The monoisotopic (exact) mass is 380 g/mol. The zero-order valence-corrected chi connectivity index (χ0v) is 17.2. The molecular weight excluding hydrogens is 344 g/mol. The van der Waals surface area contributed by atoms with E-state index in [1.807, 2.05) is 37.3 Å². The summed E-state index contributed by atoms with van der Waals surface area (Å²) in [6.07, 6.45) is 3.27. The highest BCUT2D eigenvalue weighted by Crippen LogP contribution is 2.40. The lowest BCUT2D eigenvalue weighted by atomic mass is 9.70. The molecule has 0 amide bonds. The van der Waals surface area contributed by atoms with E-state index in [0.29, 0.717) is 17.8 Å². The van der Waals surface area contributed by atoms with Gasteiger partial charge in [-0.15, -0.1) is 0 Å². The van der Waals surface area contributed by atoms with E-state index in [4.69, 9.17) is 11.1 Å². The third kappa shape index (κ3) is 4.36. The summed E-state index contributed by atoms with van der Waals surface area (Å²) in [5, 5.41) is 20.0. The van der Waals surface area contributed by atoms with Crippen LogP contribution in [0.3, 0.4) is 0 Å². The van der Waals surface area contributed by atoms with Gasteiger partial charge in [0.05, 0.1) is 11.3 Å². The number of allylic oxidation sites excluding steroid dienone is 1. The first-order chi connectivity index (χ1) is 13.3. The highest BCUT2D eigenvalue weighted by atomic mass is 16.3. The van der Waals surface area contributed by atoms with E-state index in [2.05, 4.69) is 38.1 Å². The van der Waals surface area contributed by atoms with Crippen LogP contribution in [0.25, 0.3) is 0 Å². The molecule has 3 atom stereocenters. The number of rotatable bonds is 6. The van der Waals surface area contributed by atoms with Gasteiger partial charge in [-0.2, -0.15) is 0 Å². The summed E-state index contributed by atoms with van der Waals surface area (Å²) in [7, 11) is 0. The van der Waals surface area contributed by atoms with Crippen molar-refractivity contribution in [3.63, 3.8) is 0 Å². The number of nitrogens with one attached hydrogen (secondary N) is 1. The second-order valence-corrected chi connectivity index (χ2v) is 8.48. The minimum Gasteiger partial charge on any atom is -0.401 e. The Hall–Kier alpha value is -2.39. The van der Waals surface area contributed by atoms with Gasteiger partial charge < -0.3 is 10.8 Å². The predicted molar refractivity (Wildman–Crippen MR) is 121 cm³/mol. The lowest BCUT2D eigenvalue weighted by Crippen LogP contribution is -2.42. The van der Waals surface area contributed by atoms with Crippen molar-refractivity contribution in [1.82, 2.24) is 0 Å². The summed E-state index contributed by atoms with van der Waals surface area (Å²) in [5.41, 5.74) is 11.2. The highest BCUT2D eigenvalue weighted by Gasteiger charge is 2.39. The van der Waals surface area contributed by atoms with Gasteiger partial charge in [0.1, 0.15) is 0 Å². The Balaban J connectivity index is 0.00000225. The maximum absolute atomic E-state index is 11.3. The molecule has 0 saturated heterocycles. The number of aliphatic hydroxyl groups is 1. The van der Waals surface area contributed by atoms with Gasteiger partial charge in [-0.25, -0.2) is 0 Å². The Morgan fingerprint density at radius 2 is 1.79 bits per heavy atom. The average Bonchev–Trinajstić information content (AvgIpc) is 2.68. The SMILES string of the molecule is Cc1ccc(CCC(C)(O)C2CCC(C)C(C(=N)c3ccccc3)=C2N)cc1.[HH].[HH]. The predicted octanol–water partition coefficient (Wildman–Crippen LogP) is 5.50. The van der Waals surface area contributed by atoms with Crippen LogP contribution in [0.1, 0.15) is 52.7 Å². The molecule has 28 heavy (non-hydrogen) atoms. The molecule has 0 aliphatic heterocycles. The Morgan fingerprint density at radius 3 is 2.43 bits per heavy atom. The molecule has 0 bridgehead atoms. The standard InChI is InChI=1S/C25H32N2O.2H2/c1-17-9-12-19(13-10-17)15-16-25(3,28)21-14-11-18(2)22(24(21)27)23(26)20-7-5-4-6-8-20;;/h4-10,12-13,18,21,26,28H,11,14-16,27H2,1-3H3;2*1H. The maximum Gasteiger partial charge on any atom is 0.0705 e. The highest BCUT2D eigenvalue weighted by molar-refractivity contribution is 6.11. The molecule has 3 nitrogen and oxygen atoms in total. The first-order valence-corrected chi connectivity index (χ1v) is 10.2. The Labute approximate surface area is 171 Å². The molecule has 3 heteroatoms. The van der Waals surface area contributed by atoms with E-state index in [9.17, 15) is 5.11 Å². The number of nitrogens with two attached hydrogens (primary N) is 1. The van der Waals surface area contributed by atoms with Crippen molar-refractivity contribution in [2.45, 2.75) is 52.1 Å². The minimum absolute atomic E-state index is 0. The van der Waals surface area contributed by atoms with E-state index in [0.717, 1.165) is 30.4 Å². The van der Waals surface area contributed by atoms with Crippen molar-refractivity contribution in [3.8, 4) is 0 Å². The van der Waals surface area contributed by atoms with Crippen molar-refractivity contribution in [3.05, 3.63) is 82.6 Å². The lowest BCUT2D eigenvalue weighted by Gasteiger charge is -2.39. The molecule has 1 aliphatic rings. The Kier molecular flexibility index (Phi) is 6.04. The van der Waals surface area contributed by atoms with Crippen molar-refractivity contribution >= 4 is 5.71 Å². The summed E-state index contributed by atoms with van der Waals surface area (Å²) in [5.74, 6) is 0.116. The van der Waals surface area contributed by atoms with Crippen molar-refractivity contribution in [1.29, 1.82) is 5.41 Å². The molecule has 0 radical (unpaired) electrons. The normalized spacial score (nSPS) is 22.0. The molecule has 2 aromatic carbocycles. The molecule has 152 valence electrons. The van der Waals surface area contributed by atoms with Gasteiger partial charge in [0.2, 0.25) is 0 Å². The third-order valence-electron chi connectivity index (χ3n) is 6.19. The molecule has 0 heterocycles. The summed E-state index contributed by atoms with van der Waals surface area (Å²) in [4.78, 5) is 0. The molecule has 0 saturated carbocycles. The van der Waals surface area contributed by atoms with Crippen LogP contribution < -0.4 is 5.73 Å². The van der Waals surface area contributed by atoms with Crippen molar-refractivity contribution in [2.75, 3.05) is 0 Å². The fourth-order valence-corrected chi connectivity index (χ4v) is 4.31. The Morgan fingerprint density at radius 1 is 1.14 bits per heavy atom. The number of benzene rings is 2. The molecule has 1 aliphatic carbocycles. The first-order valence-electron chi connectivity index (χ1n) is 10.2. The molecular formula is C25H36N2O. The molecule has 4 N–H and O–H groups in total. The van der Waals surface area contributed by atoms with Crippen LogP contribution in [0, 0.1) is 24.2 Å². The first kappa shape index (κ1) is 20.3. The lowest BCUT2D eigenvalue weighted by molar-refractivity contribution is -0.00255. The van der Waals surface area contributed by atoms with Crippen LogP contribution in [0.4, 0.5) is 0 Å². The number of hydrogen-bond acceptors (Lipinski definition) is 3. The second-order valence-electron chi connectivity index (χ2n) is 8.48. The van der Waals surface area contributed by atoms with E-state index in [-0.39, 0.29) is 14.7 Å². The number of aryl methyl sites for hydroxylation is 2. The van der Waals surface area contributed by atoms with E-state index >= 15 is 0 Å². The summed E-state index contributed by atoms with van der Waals surface area (Å²) >= 11 is 0. The van der Waals surface area contributed by atoms with Gasteiger partial charge in [0, 0.05) is 14.5 Å². The van der Waals surface area contributed by atoms with E-state index in [1.54, 1.807) is 0 Å². The minimum atomic E-state index is -0.892. The quantitative estimate of drug-likeness (QED) is 0.579. The summed E-state index contributed by atoms with van der Waals surface area (Å²) in [6.45, 7) is 6.12. The van der Waals surface area contributed by atoms with Crippen LogP contribution in [-0.4, -0.2) is 16.4 Å². The van der Waals surface area contributed by atoms with Crippen LogP contribution in [0.2, 0.25) is 0 Å². The Bertz CT molecular complexity index is 860. The molecule has 0 spiro atoms. The van der Waals surface area contributed by atoms with E-state index < -0.39 is 5.60 Å². The number of hydrogen-bond donors (Lipinski definition) is 3. The van der Waals surface area contributed by atoms with Crippen LogP contribution in [0.15, 0.2) is 65.9 Å². The van der Waals surface area contributed by atoms with Gasteiger partial charge in [0.25, 0.3) is 0 Å². The molecule has 0 fully saturated rings. The van der Waals surface area contributed by atoms with Gasteiger partial charge in [-0.05, 0) is 62.1 Å². The second kappa shape index (κ2) is 8.32. The topological polar surface area (TPSA) is 70.1 Å². The van der Waals surface area contributed by atoms with E-state index in [1.165, 1.54) is 11.1 Å². The van der Waals surface area contributed by atoms with Gasteiger partial charge >= 0.3 is 0 Å². The third-order valence-corrected chi connectivity index (χ3v) is 6.19. The van der Waals surface area contributed by atoms with Crippen LogP contribution >= 0.6 is 0 Å². The van der Waals surface area contributed by atoms with Gasteiger partial charge in [-0.1, -0.05) is 67.1 Å². The fourth-order valence-electron chi connectivity index (χ4n) is 4.31. The largest absolute Gasteiger partial charge is 0.401 e. The smallest absolute Gasteiger partial charge is 0.0705 e. The van der Waals surface area contributed by atoms with Gasteiger partial charge in [0.15, 0.2) is 0 Å². The average molecular weight is 381 g/mol. The zero-order chi connectivity index (χ0) is 20.3. The maximum atomic E-state index is 11.3. The molecule has 0 aromatic heterocycles. The van der Waals surface area contributed by atoms with Gasteiger partial charge in [-0.3, -0.25) is 5.41 Å². The molecule has 2 aromatic rings. The van der Waals surface area contributed by atoms with Crippen molar-refractivity contribution < 1.29 is 7.96 Å². The summed E-state index contributed by atoms with van der Waals surface area (Å²) in [6, 6.07) is 18.2. The fraction of sp³-hybridized carbons (Fsp3) is 0.400. The molecule has 3 unspecified atom stereocenters. The van der Waals surface area contributed by atoms with Crippen LogP contribution in [-0.2, 0) is 6.42 Å². The molecule has 3 rings (SSSR count).